The molecule has 1 rings (SSSR count). The van der Waals surface area contributed by atoms with Crippen LogP contribution in [0.15, 0.2) is 23.1 Å². The van der Waals surface area contributed by atoms with Crippen LogP contribution in [0, 0.1) is 5.92 Å². The molecule has 112 valence electrons. The Labute approximate surface area is 130 Å². The Kier molecular flexibility index (Phi) is 6.39. The summed E-state index contributed by atoms with van der Waals surface area (Å²) in [5.74, 6) is 0.308. The number of nitrogens with one attached hydrogen (secondary N) is 1. The molecule has 0 radical (unpaired) electrons. The molecule has 7 heteroatoms. The molecule has 0 spiro atoms. The molecule has 0 amide bonds. The number of benzene rings is 1. The second-order valence-electron chi connectivity index (χ2n) is 4.54. The molecule has 1 aromatic carbocycles. The number of nitrogens with two attached hydrogens (primary N) is 1. The molecule has 20 heavy (non-hydrogen) atoms. The second kappa shape index (κ2) is 7.36. The molecule has 0 atom stereocenters. The van der Waals surface area contributed by atoms with Crippen LogP contribution in [0.1, 0.15) is 32.3 Å². The minimum atomic E-state index is -3.66. The minimum Gasteiger partial charge on any atom is -0.389 e. The Morgan fingerprint density at radius 2 is 2.00 bits per heavy atom. The van der Waals surface area contributed by atoms with E-state index < -0.39 is 10.0 Å². The van der Waals surface area contributed by atoms with E-state index in [1.807, 2.05) is 13.8 Å². The van der Waals surface area contributed by atoms with Crippen molar-refractivity contribution in [1.82, 2.24) is 4.72 Å². The first-order valence-electron chi connectivity index (χ1n) is 6.40. The molecule has 0 fully saturated rings. The van der Waals surface area contributed by atoms with Crippen LogP contribution in [0.4, 0.5) is 0 Å². The van der Waals surface area contributed by atoms with E-state index in [1.165, 1.54) is 12.1 Å². The van der Waals surface area contributed by atoms with Crippen molar-refractivity contribution in [3.63, 3.8) is 0 Å². The maximum Gasteiger partial charge on any atom is 0.242 e. The van der Waals surface area contributed by atoms with Gasteiger partial charge in [-0.3, -0.25) is 0 Å². The van der Waals surface area contributed by atoms with E-state index in [2.05, 4.69) is 4.72 Å². The molecule has 0 bridgehead atoms. The van der Waals surface area contributed by atoms with Crippen molar-refractivity contribution < 1.29 is 8.42 Å². The third-order valence-corrected chi connectivity index (χ3v) is 5.36. The van der Waals surface area contributed by atoms with Gasteiger partial charge >= 0.3 is 0 Å². The smallest absolute Gasteiger partial charge is 0.242 e. The number of rotatable bonds is 7. The van der Waals surface area contributed by atoms with Crippen LogP contribution in [0.5, 0.6) is 0 Å². The fourth-order valence-corrected chi connectivity index (χ4v) is 3.51. The van der Waals surface area contributed by atoms with Crippen molar-refractivity contribution >= 4 is 38.8 Å². The second-order valence-corrected chi connectivity index (χ2v) is 7.13. The predicted molar refractivity (Wildman–Crippen MR) is 86.6 cm³/mol. The van der Waals surface area contributed by atoms with Crippen LogP contribution in [-0.4, -0.2) is 20.0 Å². The van der Waals surface area contributed by atoms with Crippen molar-refractivity contribution in [2.24, 2.45) is 11.7 Å². The van der Waals surface area contributed by atoms with Gasteiger partial charge in [0.1, 0.15) is 9.88 Å². The van der Waals surface area contributed by atoms with E-state index in [0.717, 1.165) is 12.8 Å². The van der Waals surface area contributed by atoms with Gasteiger partial charge in [0.05, 0.1) is 5.02 Å². The van der Waals surface area contributed by atoms with Gasteiger partial charge < -0.3 is 5.73 Å². The van der Waals surface area contributed by atoms with Crippen LogP contribution >= 0.6 is 23.8 Å². The molecule has 0 heterocycles. The van der Waals surface area contributed by atoms with E-state index in [4.69, 9.17) is 29.6 Å². The van der Waals surface area contributed by atoms with Crippen LogP contribution in [0.2, 0.25) is 5.02 Å². The highest BCUT2D eigenvalue weighted by atomic mass is 35.5. The lowest BCUT2D eigenvalue weighted by molar-refractivity contribution is 0.479. The molecule has 0 aliphatic rings. The normalized spacial score (nSPS) is 11.8. The summed E-state index contributed by atoms with van der Waals surface area (Å²) in [6.45, 7) is 4.45. The van der Waals surface area contributed by atoms with E-state index in [-0.39, 0.29) is 14.9 Å². The first-order chi connectivity index (χ1) is 9.31. The summed E-state index contributed by atoms with van der Waals surface area (Å²) < 4.78 is 27.2. The molecule has 4 nitrogen and oxygen atoms in total. The summed E-state index contributed by atoms with van der Waals surface area (Å²) in [6.07, 6.45) is 1.83. The van der Waals surface area contributed by atoms with Crippen molar-refractivity contribution in [1.29, 1.82) is 0 Å². The average molecular weight is 335 g/mol. The zero-order valence-corrected chi connectivity index (χ0v) is 13.9. The maximum absolute atomic E-state index is 12.3. The van der Waals surface area contributed by atoms with Gasteiger partial charge in [-0.1, -0.05) is 56.6 Å². The Morgan fingerprint density at radius 1 is 1.40 bits per heavy atom. The molecular weight excluding hydrogens is 316 g/mol. The van der Waals surface area contributed by atoms with Gasteiger partial charge in [0, 0.05) is 12.1 Å². The first kappa shape index (κ1) is 17.4. The zero-order valence-electron chi connectivity index (χ0n) is 11.5. The quantitative estimate of drug-likeness (QED) is 0.752. The van der Waals surface area contributed by atoms with Crippen LogP contribution in [0.25, 0.3) is 0 Å². The number of hydrogen-bond acceptors (Lipinski definition) is 3. The maximum atomic E-state index is 12.3. The van der Waals surface area contributed by atoms with Crippen molar-refractivity contribution in [2.45, 2.75) is 31.6 Å². The van der Waals surface area contributed by atoms with Crippen LogP contribution < -0.4 is 10.5 Å². The van der Waals surface area contributed by atoms with Crippen LogP contribution in [-0.2, 0) is 10.0 Å². The summed E-state index contributed by atoms with van der Waals surface area (Å²) in [4.78, 5) is 0.147. The van der Waals surface area contributed by atoms with Gasteiger partial charge in [-0.2, -0.15) is 0 Å². The molecule has 1 aromatic rings. The molecular formula is C13H19ClN2O2S2. The van der Waals surface area contributed by atoms with E-state index in [1.54, 1.807) is 6.07 Å². The highest BCUT2D eigenvalue weighted by Crippen LogP contribution is 2.23. The van der Waals surface area contributed by atoms with E-state index in [9.17, 15) is 8.42 Å². The zero-order chi connectivity index (χ0) is 15.3. The highest BCUT2D eigenvalue weighted by Gasteiger charge is 2.20. The summed E-state index contributed by atoms with van der Waals surface area (Å²) in [5.41, 5.74) is 5.99. The third kappa shape index (κ3) is 4.41. The Balaban J connectivity index is 3.03. The SMILES string of the molecule is CCC(CC)CNS(=O)(=O)c1cc(C(N)=S)ccc1Cl. The molecule has 0 aromatic heterocycles. The molecule has 0 aliphatic heterocycles. The Morgan fingerprint density at radius 3 is 2.50 bits per heavy atom. The van der Waals surface area contributed by atoms with Crippen molar-refractivity contribution in [3.8, 4) is 0 Å². The van der Waals surface area contributed by atoms with Gasteiger partial charge in [-0.05, 0) is 18.1 Å². The van der Waals surface area contributed by atoms with Gasteiger partial charge in [-0.25, -0.2) is 13.1 Å². The van der Waals surface area contributed by atoms with Crippen molar-refractivity contribution in [3.05, 3.63) is 28.8 Å². The lowest BCUT2D eigenvalue weighted by atomic mass is 10.0. The van der Waals surface area contributed by atoms with Gasteiger partial charge in [0.2, 0.25) is 10.0 Å². The molecule has 0 unspecified atom stereocenters. The lowest BCUT2D eigenvalue weighted by Crippen LogP contribution is -2.29. The summed E-state index contributed by atoms with van der Waals surface area (Å²) in [6, 6.07) is 4.49. The molecule has 0 saturated heterocycles. The molecule has 3 N–H and O–H groups in total. The fraction of sp³-hybridized carbons (Fsp3) is 0.462. The monoisotopic (exact) mass is 334 g/mol. The molecule has 0 saturated carbocycles. The fourth-order valence-electron chi connectivity index (χ4n) is 1.75. The van der Waals surface area contributed by atoms with Gasteiger partial charge in [-0.15, -0.1) is 0 Å². The highest BCUT2D eigenvalue weighted by molar-refractivity contribution is 7.89. The molecule has 0 aliphatic carbocycles. The minimum absolute atomic E-state index is 0.00965. The first-order valence-corrected chi connectivity index (χ1v) is 8.67. The van der Waals surface area contributed by atoms with Crippen molar-refractivity contribution in [2.75, 3.05) is 6.54 Å². The number of halogens is 1. The summed E-state index contributed by atoms with van der Waals surface area (Å²) >= 11 is 10.8. The lowest BCUT2D eigenvalue weighted by Gasteiger charge is -2.14. The van der Waals surface area contributed by atoms with Gasteiger partial charge in [0.15, 0.2) is 0 Å². The summed E-state index contributed by atoms with van der Waals surface area (Å²) in [7, 11) is -3.66. The number of sulfonamides is 1. The van der Waals surface area contributed by atoms with Crippen LogP contribution in [0.3, 0.4) is 0 Å². The largest absolute Gasteiger partial charge is 0.389 e. The van der Waals surface area contributed by atoms with E-state index in [0.29, 0.717) is 18.0 Å². The average Bonchev–Trinajstić information content (AvgIpc) is 2.39. The number of hydrogen-bond donors (Lipinski definition) is 2. The third-order valence-electron chi connectivity index (χ3n) is 3.22. The van der Waals surface area contributed by atoms with Gasteiger partial charge in [0.25, 0.3) is 0 Å². The standard InChI is InChI=1S/C13H19ClN2O2S2/c1-3-9(4-2)8-16-20(17,18)12-7-10(13(15)19)5-6-11(12)14/h5-7,9,16H,3-4,8H2,1-2H3,(H2,15,19). The Bertz CT molecular complexity index is 584. The topological polar surface area (TPSA) is 72.2 Å². The number of thiocarbonyl (C=S) groups is 1. The Hall–Kier alpha value is -0.690. The van der Waals surface area contributed by atoms with E-state index >= 15 is 0 Å². The summed E-state index contributed by atoms with van der Waals surface area (Å²) in [5, 5.41) is 0.155. The predicted octanol–water partition coefficient (Wildman–Crippen LogP) is 2.69.